The summed E-state index contributed by atoms with van der Waals surface area (Å²) in [6.07, 6.45) is 1.60. The maximum absolute atomic E-state index is 5.54. The van der Waals surface area contributed by atoms with Crippen LogP contribution >= 0.6 is 0 Å². The molecule has 0 aliphatic rings. The van der Waals surface area contributed by atoms with Crippen LogP contribution < -0.4 is 11.6 Å². The van der Waals surface area contributed by atoms with Gasteiger partial charge in [-0.25, -0.2) is 0 Å². The molecule has 0 saturated carbocycles. The second kappa shape index (κ2) is 4.25. The molecule has 13 heavy (non-hydrogen) atoms. The van der Waals surface area contributed by atoms with Crippen LogP contribution in [0, 0.1) is 0 Å². The lowest BCUT2D eigenvalue weighted by molar-refractivity contribution is 1.25. The molecular formula is C9H12N4. The Balaban J connectivity index is 3.00. The van der Waals surface area contributed by atoms with Gasteiger partial charge in [-0.15, -0.1) is 0 Å². The quantitative estimate of drug-likeness (QED) is 0.300. The molecule has 0 aliphatic heterocycles. The van der Waals surface area contributed by atoms with Crippen molar-refractivity contribution in [1.29, 1.82) is 0 Å². The fourth-order valence-corrected chi connectivity index (χ4v) is 0.959. The van der Waals surface area contributed by atoms with Crippen molar-refractivity contribution in [2.24, 2.45) is 15.9 Å². The third-order valence-electron chi connectivity index (χ3n) is 1.60. The minimum Gasteiger partial charge on any atom is -0.399 e. The Labute approximate surface area is 77.0 Å². The van der Waals surface area contributed by atoms with E-state index < -0.39 is 0 Å². The Morgan fingerprint density at radius 2 is 1.92 bits per heavy atom. The molecule has 0 heterocycles. The molecule has 1 rings (SSSR count). The van der Waals surface area contributed by atoms with Gasteiger partial charge in [-0.2, -0.15) is 5.10 Å². The van der Waals surface area contributed by atoms with E-state index in [0.29, 0.717) is 11.4 Å². The van der Waals surface area contributed by atoms with E-state index in [4.69, 9.17) is 11.6 Å². The molecule has 4 heteroatoms. The SMILES string of the molecule is CN=CC(=NN)c1ccc(N)cc1. The average molecular weight is 176 g/mol. The Kier molecular flexibility index (Phi) is 3.03. The Hall–Kier alpha value is -1.84. The summed E-state index contributed by atoms with van der Waals surface area (Å²) in [6.45, 7) is 0. The van der Waals surface area contributed by atoms with Crippen LogP contribution in [0.5, 0.6) is 0 Å². The fraction of sp³-hybridized carbons (Fsp3) is 0.111. The third kappa shape index (κ3) is 2.30. The van der Waals surface area contributed by atoms with E-state index in [1.54, 1.807) is 25.4 Å². The zero-order chi connectivity index (χ0) is 9.68. The smallest absolute Gasteiger partial charge is 0.108 e. The Morgan fingerprint density at radius 3 is 2.38 bits per heavy atom. The van der Waals surface area contributed by atoms with Gasteiger partial charge >= 0.3 is 0 Å². The first-order valence-electron chi connectivity index (χ1n) is 3.84. The number of benzene rings is 1. The van der Waals surface area contributed by atoms with Crippen LogP contribution in [0.3, 0.4) is 0 Å². The van der Waals surface area contributed by atoms with E-state index in [1.807, 2.05) is 12.1 Å². The van der Waals surface area contributed by atoms with Gasteiger partial charge in [0.1, 0.15) is 5.71 Å². The second-order valence-corrected chi connectivity index (χ2v) is 2.52. The molecule has 4 N–H and O–H groups in total. The van der Waals surface area contributed by atoms with Crippen molar-refractivity contribution < 1.29 is 0 Å². The molecule has 0 bridgehead atoms. The molecule has 0 fully saturated rings. The highest BCUT2D eigenvalue weighted by molar-refractivity contribution is 6.38. The molecule has 1 aromatic rings. The van der Waals surface area contributed by atoms with Crippen LogP contribution in [0.15, 0.2) is 34.4 Å². The summed E-state index contributed by atoms with van der Waals surface area (Å²) in [6, 6.07) is 7.29. The molecule has 0 spiro atoms. The first-order valence-corrected chi connectivity index (χ1v) is 3.84. The van der Waals surface area contributed by atoms with Gasteiger partial charge in [-0.1, -0.05) is 12.1 Å². The van der Waals surface area contributed by atoms with Crippen LogP contribution in [0.1, 0.15) is 5.56 Å². The zero-order valence-corrected chi connectivity index (χ0v) is 7.44. The van der Waals surface area contributed by atoms with Crippen molar-refractivity contribution in [3.63, 3.8) is 0 Å². The maximum Gasteiger partial charge on any atom is 0.108 e. The van der Waals surface area contributed by atoms with E-state index in [-0.39, 0.29) is 0 Å². The monoisotopic (exact) mass is 176 g/mol. The van der Waals surface area contributed by atoms with Gasteiger partial charge in [0.15, 0.2) is 0 Å². The van der Waals surface area contributed by atoms with Crippen LogP contribution in [-0.2, 0) is 0 Å². The van der Waals surface area contributed by atoms with E-state index in [2.05, 4.69) is 10.1 Å². The number of rotatable bonds is 2. The van der Waals surface area contributed by atoms with Crippen LogP contribution in [0.2, 0.25) is 0 Å². The number of nitrogens with two attached hydrogens (primary N) is 2. The van der Waals surface area contributed by atoms with Crippen molar-refractivity contribution in [2.45, 2.75) is 0 Å². The summed E-state index contributed by atoms with van der Waals surface area (Å²) in [7, 11) is 1.67. The van der Waals surface area contributed by atoms with Crippen LogP contribution in [0.4, 0.5) is 5.69 Å². The summed E-state index contributed by atoms with van der Waals surface area (Å²) >= 11 is 0. The zero-order valence-electron chi connectivity index (χ0n) is 7.44. The van der Waals surface area contributed by atoms with Gasteiger partial charge in [-0.3, -0.25) is 4.99 Å². The molecule has 0 atom stereocenters. The standard InChI is InChI=1S/C9H12N4/c1-12-6-9(13-11)7-2-4-8(10)5-3-7/h2-6H,10-11H2,1H3. The highest BCUT2D eigenvalue weighted by atomic mass is 15.1. The molecule has 0 radical (unpaired) electrons. The summed E-state index contributed by atoms with van der Waals surface area (Å²) < 4.78 is 0. The predicted octanol–water partition coefficient (Wildman–Crippen LogP) is 0.632. The second-order valence-electron chi connectivity index (χ2n) is 2.52. The van der Waals surface area contributed by atoms with E-state index in [0.717, 1.165) is 5.56 Å². The molecule has 4 nitrogen and oxygen atoms in total. The van der Waals surface area contributed by atoms with E-state index in [1.165, 1.54) is 0 Å². The minimum absolute atomic E-state index is 0.641. The molecule has 0 aromatic heterocycles. The number of nitrogen functional groups attached to an aromatic ring is 1. The first kappa shape index (κ1) is 9.25. The summed E-state index contributed by atoms with van der Waals surface area (Å²) in [5.74, 6) is 5.19. The largest absolute Gasteiger partial charge is 0.399 e. The number of nitrogens with zero attached hydrogens (tertiary/aromatic N) is 2. The lowest BCUT2D eigenvalue weighted by Crippen LogP contribution is -2.05. The van der Waals surface area contributed by atoms with Crippen molar-refractivity contribution >= 4 is 17.6 Å². The highest BCUT2D eigenvalue weighted by Gasteiger charge is 1.98. The molecule has 0 aliphatic carbocycles. The third-order valence-corrected chi connectivity index (χ3v) is 1.60. The van der Waals surface area contributed by atoms with Gasteiger partial charge in [0.05, 0.1) is 0 Å². The molecule has 1 aromatic carbocycles. The molecule has 0 saturated heterocycles. The fourth-order valence-electron chi connectivity index (χ4n) is 0.959. The summed E-state index contributed by atoms with van der Waals surface area (Å²) in [5, 5.41) is 3.60. The highest BCUT2D eigenvalue weighted by Crippen LogP contribution is 2.05. The van der Waals surface area contributed by atoms with Gasteiger partial charge in [0.2, 0.25) is 0 Å². The number of anilines is 1. The van der Waals surface area contributed by atoms with Crippen molar-refractivity contribution in [2.75, 3.05) is 12.8 Å². The van der Waals surface area contributed by atoms with Crippen LogP contribution in [0.25, 0.3) is 0 Å². The van der Waals surface area contributed by atoms with E-state index >= 15 is 0 Å². The maximum atomic E-state index is 5.54. The number of hydrazone groups is 1. The normalized spacial score (nSPS) is 12.2. The summed E-state index contributed by atoms with van der Waals surface area (Å²) in [5.41, 5.74) is 7.80. The summed E-state index contributed by atoms with van der Waals surface area (Å²) in [4.78, 5) is 3.84. The Bertz CT molecular complexity index is 324. The van der Waals surface area contributed by atoms with Crippen LogP contribution in [-0.4, -0.2) is 19.0 Å². The average Bonchev–Trinajstić information content (AvgIpc) is 2.16. The Morgan fingerprint density at radius 1 is 1.31 bits per heavy atom. The van der Waals surface area contributed by atoms with Gasteiger partial charge in [-0.05, 0) is 12.1 Å². The number of hydrogen-bond acceptors (Lipinski definition) is 4. The van der Waals surface area contributed by atoms with E-state index in [9.17, 15) is 0 Å². The first-order chi connectivity index (χ1) is 6.27. The molecule has 0 amide bonds. The minimum atomic E-state index is 0.641. The number of hydrogen-bond donors (Lipinski definition) is 2. The molecule has 0 unspecified atom stereocenters. The lowest BCUT2D eigenvalue weighted by atomic mass is 10.1. The lowest BCUT2D eigenvalue weighted by Gasteiger charge is -1.99. The van der Waals surface area contributed by atoms with Gasteiger partial charge < -0.3 is 11.6 Å². The van der Waals surface area contributed by atoms with Crippen molar-refractivity contribution in [3.8, 4) is 0 Å². The molecular weight excluding hydrogens is 164 g/mol. The topological polar surface area (TPSA) is 76.8 Å². The number of aliphatic imine (C=N–C) groups is 1. The van der Waals surface area contributed by atoms with Gasteiger partial charge in [0, 0.05) is 24.5 Å². The predicted molar refractivity (Wildman–Crippen MR) is 56.0 cm³/mol. The van der Waals surface area contributed by atoms with Crippen molar-refractivity contribution in [1.82, 2.24) is 0 Å². The molecule has 68 valence electrons. The van der Waals surface area contributed by atoms with Crippen molar-refractivity contribution in [3.05, 3.63) is 29.8 Å². The van der Waals surface area contributed by atoms with Gasteiger partial charge in [0.25, 0.3) is 0 Å².